The normalized spacial score (nSPS) is 10.3. The van der Waals surface area contributed by atoms with Crippen LogP contribution in [0.1, 0.15) is 11.1 Å². The van der Waals surface area contributed by atoms with Crippen LogP contribution in [-0.4, -0.2) is 29.2 Å². The monoisotopic (exact) mass is 427 g/mol. The van der Waals surface area contributed by atoms with Gasteiger partial charge in [-0.3, -0.25) is 4.98 Å². The van der Waals surface area contributed by atoms with Gasteiger partial charge in [0.1, 0.15) is 11.5 Å². The third-order valence-electron chi connectivity index (χ3n) is 4.33. The van der Waals surface area contributed by atoms with Gasteiger partial charge in [0.15, 0.2) is 5.11 Å². The van der Waals surface area contributed by atoms with Gasteiger partial charge >= 0.3 is 0 Å². The fraction of sp³-hybridized carbons (Fsp3) is 0.182. The Bertz CT molecular complexity index is 952. The average Bonchev–Trinajstić information content (AvgIpc) is 2.75. The van der Waals surface area contributed by atoms with Gasteiger partial charge in [0, 0.05) is 47.8 Å². The highest BCUT2D eigenvalue weighted by atomic mass is 35.5. The highest BCUT2D eigenvalue weighted by Crippen LogP contribution is 2.26. The van der Waals surface area contributed by atoms with Crippen LogP contribution >= 0.6 is 23.8 Å². The van der Waals surface area contributed by atoms with E-state index in [1.54, 1.807) is 20.4 Å². The van der Waals surface area contributed by atoms with Crippen molar-refractivity contribution in [1.29, 1.82) is 0 Å². The number of thiocarbonyl (C=S) groups is 1. The zero-order valence-corrected chi connectivity index (χ0v) is 17.8. The van der Waals surface area contributed by atoms with Crippen LogP contribution in [0.4, 0.5) is 5.69 Å². The Labute approximate surface area is 181 Å². The molecule has 0 aliphatic carbocycles. The number of nitrogens with one attached hydrogen (secondary N) is 1. The van der Waals surface area contributed by atoms with Crippen molar-refractivity contribution < 1.29 is 9.47 Å². The molecule has 0 unspecified atom stereocenters. The van der Waals surface area contributed by atoms with Gasteiger partial charge in [-0.15, -0.1) is 0 Å². The van der Waals surface area contributed by atoms with Crippen molar-refractivity contribution in [2.75, 3.05) is 19.5 Å². The molecule has 0 amide bonds. The number of halogens is 1. The summed E-state index contributed by atoms with van der Waals surface area (Å²) in [5.41, 5.74) is 2.93. The lowest BCUT2D eigenvalue weighted by molar-refractivity contribution is 0.370. The van der Waals surface area contributed by atoms with Crippen LogP contribution in [0.5, 0.6) is 11.5 Å². The number of nitrogens with zero attached hydrogens (tertiary/aromatic N) is 2. The standard InChI is InChI=1S/C22H22ClN3O2S/c1-27-20-10-5-17(21(12-20)28-2)15-26(14-16-4-3-11-24-13-16)22(29)25-19-8-6-18(23)7-9-19/h3-13H,14-15H2,1-2H3,(H,25,29). The maximum atomic E-state index is 5.98. The number of hydrogen-bond donors (Lipinski definition) is 1. The maximum Gasteiger partial charge on any atom is 0.174 e. The molecule has 0 atom stereocenters. The van der Waals surface area contributed by atoms with Gasteiger partial charge < -0.3 is 19.7 Å². The molecule has 150 valence electrons. The van der Waals surface area contributed by atoms with Gasteiger partial charge in [0.25, 0.3) is 0 Å². The number of hydrogen-bond acceptors (Lipinski definition) is 4. The van der Waals surface area contributed by atoms with Crippen molar-refractivity contribution in [2.45, 2.75) is 13.1 Å². The zero-order valence-electron chi connectivity index (χ0n) is 16.3. The molecule has 3 rings (SSSR count). The molecule has 0 fully saturated rings. The number of methoxy groups -OCH3 is 2. The summed E-state index contributed by atoms with van der Waals surface area (Å²) >= 11 is 11.7. The van der Waals surface area contributed by atoms with E-state index < -0.39 is 0 Å². The van der Waals surface area contributed by atoms with Gasteiger partial charge in [0.2, 0.25) is 0 Å². The topological polar surface area (TPSA) is 46.6 Å². The first-order valence-corrected chi connectivity index (χ1v) is 9.79. The second-order valence-corrected chi connectivity index (χ2v) is 7.16. The van der Waals surface area contributed by atoms with E-state index in [4.69, 9.17) is 33.3 Å². The van der Waals surface area contributed by atoms with Crippen molar-refractivity contribution in [3.8, 4) is 11.5 Å². The molecule has 0 aliphatic heterocycles. The predicted molar refractivity (Wildman–Crippen MR) is 121 cm³/mol. The molecule has 0 bridgehead atoms. The van der Waals surface area contributed by atoms with Crippen LogP contribution < -0.4 is 14.8 Å². The minimum Gasteiger partial charge on any atom is -0.497 e. The van der Waals surface area contributed by atoms with E-state index in [0.717, 1.165) is 28.3 Å². The number of benzene rings is 2. The van der Waals surface area contributed by atoms with Gasteiger partial charge in [0.05, 0.1) is 14.2 Å². The first-order valence-electron chi connectivity index (χ1n) is 9.00. The molecule has 1 N–H and O–H groups in total. The Morgan fingerprint density at radius 1 is 1.07 bits per heavy atom. The Kier molecular flexibility index (Phi) is 7.27. The SMILES string of the molecule is COc1ccc(CN(Cc2cccnc2)C(=S)Nc2ccc(Cl)cc2)c(OC)c1. The first-order chi connectivity index (χ1) is 14.1. The van der Waals surface area contributed by atoms with E-state index in [1.165, 1.54) is 0 Å². The molecule has 0 saturated carbocycles. The van der Waals surface area contributed by atoms with Crippen molar-refractivity contribution in [1.82, 2.24) is 9.88 Å². The molecule has 0 aliphatic rings. The fourth-order valence-corrected chi connectivity index (χ4v) is 3.21. The minimum atomic E-state index is 0.557. The molecule has 0 saturated heterocycles. The van der Waals surface area contributed by atoms with Crippen LogP contribution in [0.15, 0.2) is 67.0 Å². The number of pyridine rings is 1. The van der Waals surface area contributed by atoms with Gasteiger partial charge in [-0.25, -0.2) is 0 Å². The second kappa shape index (κ2) is 10.1. The molecule has 0 spiro atoms. The second-order valence-electron chi connectivity index (χ2n) is 6.33. The fourth-order valence-electron chi connectivity index (χ4n) is 2.84. The summed E-state index contributed by atoms with van der Waals surface area (Å²) in [6, 6.07) is 17.1. The van der Waals surface area contributed by atoms with Gasteiger partial charge in [-0.1, -0.05) is 17.7 Å². The van der Waals surface area contributed by atoms with Crippen LogP contribution in [-0.2, 0) is 13.1 Å². The highest BCUT2D eigenvalue weighted by Gasteiger charge is 2.15. The quantitative estimate of drug-likeness (QED) is 0.526. The largest absolute Gasteiger partial charge is 0.497 e. The lowest BCUT2D eigenvalue weighted by Gasteiger charge is -2.27. The smallest absolute Gasteiger partial charge is 0.174 e. The number of anilines is 1. The molecule has 2 aromatic carbocycles. The number of ether oxygens (including phenoxy) is 2. The van der Waals surface area contributed by atoms with E-state index in [2.05, 4.69) is 15.2 Å². The molecule has 29 heavy (non-hydrogen) atoms. The summed E-state index contributed by atoms with van der Waals surface area (Å²) in [4.78, 5) is 6.27. The summed E-state index contributed by atoms with van der Waals surface area (Å²) in [6.45, 7) is 1.16. The minimum absolute atomic E-state index is 0.557. The van der Waals surface area contributed by atoms with Gasteiger partial charge in [-0.2, -0.15) is 0 Å². The summed E-state index contributed by atoms with van der Waals surface area (Å²) in [5, 5.41) is 4.55. The molecule has 3 aromatic rings. The van der Waals surface area contributed by atoms with Crippen LogP contribution in [0.3, 0.4) is 0 Å². The third-order valence-corrected chi connectivity index (χ3v) is 4.95. The molecular formula is C22H22ClN3O2S. The molecular weight excluding hydrogens is 406 g/mol. The van der Waals surface area contributed by atoms with E-state index in [0.29, 0.717) is 23.2 Å². The van der Waals surface area contributed by atoms with Crippen molar-refractivity contribution in [3.63, 3.8) is 0 Å². The van der Waals surface area contributed by atoms with Crippen LogP contribution in [0.25, 0.3) is 0 Å². The molecule has 5 nitrogen and oxygen atoms in total. The van der Waals surface area contributed by atoms with E-state index in [-0.39, 0.29) is 0 Å². The zero-order chi connectivity index (χ0) is 20.6. The van der Waals surface area contributed by atoms with Crippen molar-refractivity contribution in [2.24, 2.45) is 0 Å². The van der Waals surface area contributed by atoms with Gasteiger partial charge in [-0.05, 0) is 60.2 Å². The van der Waals surface area contributed by atoms with Crippen LogP contribution in [0, 0.1) is 0 Å². The summed E-state index contributed by atoms with van der Waals surface area (Å²) in [6.07, 6.45) is 3.59. The highest BCUT2D eigenvalue weighted by molar-refractivity contribution is 7.80. The molecule has 1 aromatic heterocycles. The van der Waals surface area contributed by atoms with E-state index in [9.17, 15) is 0 Å². The predicted octanol–water partition coefficient (Wildman–Crippen LogP) is 5.15. The molecule has 1 heterocycles. The van der Waals surface area contributed by atoms with Crippen LogP contribution in [0.2, 0.25) is 5.02 Å². The maximum absolute atomic E-state index is 5.98. The summed E-state index contributed by atoms with van der Waals surface area (Å²) < 4.78 is 10.9. The van der Waals surface area contributed by atoms with Crippen molar-refractivity contribution in [3.05, 3.63) is 83.1 Å². The summed E-state index contributed by atoms with van der Waals surface area (Å²) in [7, 11) is 3.28. The molecule has 7 heteroatoms. The Hall–Kier alpha value is -2.83. The Morgan fingerprint density at radius 2 is 1.86 bits per heavy atom. The Morgan fingerprint density at radius 3 is 2.52 bits per heavy atom. The van der Waals surface area contributed by atoms with E-state index in [1.807, 2.05) is 60.8 Å². The lowest BCUT2D eigenvalue weighted by Crippen LogP contribution is -2.34. The average molecular weight is 428 g/mol. The van der Waals surface area contributed by atoms with Crippen molar-refractivity contribution >= 4 is 34.6 Å². The number of aromatic nitrogens is 1. The molecule has 0 radical (unpaired) electrons. The Balaban J connectivity index is 1.84. The number of rotatable bonds is 7. The third kappa shape index (κ3) is 5.82. The first kappa shape index (κ1) is 20.9. The van der Waals surface area contributed by atoms with E-state index >= 15 is 0 Å². The summed E-state index contributed by atoms with van der Waals surface area (Å²) in [5.74, 6) is 1.49. The lowest BCUT2D eigenvalue weighted by atomic mass is 10.1.